The number of hydrogen-bond acceptors (Lipinski definition) is 7. The predicted octanol–water partition coefficient (Wildman–Crippen LogP) is 5.94. The zero-order valence-corrected chi connectivity index (χ0v) is 28.3. The van der Waals surface area contributed by atoms with E-state index in [1.165, 1.54) is 23.1 Å². The maximum absolute atomic E-state index is 15.1. The summed E-state index contributed by atoms with van der Waals surface area (Å²) in [6.45, 7) is 3.55. The van der Waals surface area contributed by atoms with Gasteiger partial charge in [-0.15, -0.1) is 0 Å². The molecule has 52 heavy (non-hydrogen) atoms. The minimum atomic E-state index is -4.59. The maximum Gasteiger partial charge on any atom is 0.416 e. The third-order valence-electron chi connectivity index (χ3n) is 10.3. The Kier molecular flexibility index (Phi) is 9.90. The first-order valence-corrected chi connectivity index (χ1v) is 17.5. The van der Waals surface area contributed by atoms with Crippen molar-refractivity contribution in [3.8, 4) is 0 Å². The van der Waals surface area contributed by atoms with Crippen molar-refractivity contribution in [2.45, 2.75) is 50.9 Å². The average Bonchev–Trinajstić information content (AvgIpc) is 3.49. The first-order valence-electron chi connectivity index (χ1n) is 17.5. The fourth-order valence-electron chi connectivity index (χ4n) is 7.42. The van der Waals surface area contributed by atoms with Crippen LogP contribution in [-0.4, -0.2) is 76.7 Å². The van der Waals surface area contributed by atoms with Crippen molar-refractivity contribution in [3.63, 3.8) is 0 Å². The molecular weight excluding hydrogens is 682 g/mol. The van der Waals surface area contributed by atoms with Gasteiger partial charge in [0, 0.05) is 69.6 Å². The molecule has 0 unspecified atom stereocenters. The molecule has 4 aromatic rings. The van der Waals surface area contributed by atoms with E-state index in [0.717, 1.165) is 54.6 Å². The molecule has 3 heterocycles. The van der Waals surface area contributed by atoms with Gasteiger partial charge < -0.3 is 14.6 Å². The molecule has 1 aromatic heterocycles. The topological polar surface area (TPSA) is 123 Å². The van der Waals surface area contributed by atoms with Crippen LogP contribution in [0.15, 0.2) is 60.7 Å². The Morgan fingerprint density at radius 3 is 2.40 bits per heavy atom. The summed E-state index contributed by atoms with van der Waals surface area (Å²) in [6.07, 6.45) is -1.35. The molecule has 274 valence electrons. The zero-order valence-electron chi connectivity index (χ0n) is 28.3. The number of benzene rings is 3. The van der Waals surface area contributed by atoms with Gasteiger partial charge in [-0.25, -0.2) is 14.2 Å². The van der Waals surface area contributed by atoms with E-state index in [-0.39, 0.29) is 54.6 Å². The Balaban J connectivity index is 1.06. The van der Waals surface area contributed by atoms with E-state index in [1.54, 1.807) is 12.1 Å². The normalized spacial score (nSPS) is 20.3. The van der Waals surface area contributed by atoms with E-state index < -0.39 is 29.5 Å². The molecular formula is C37H39F4N7O4. The van der Waals surface area contributed by atoms with Crippen LogP contribution in [0.2, 0.25) is 0 Å². The molecule has 2 aliphatic heterocycles. The molecule has 7 rings (SSSR count). The molecule has 4 amide bonds. The van der Waals surface area contributed by atoms with Gasteiger partial charge in [-0.1, -0.05) is 12.1 Å². The highest BCUT2D eigenvalue weighted by Crippen LogP contribution is 2.38. The van der Waals surface area contributed by atoms with Crippen molar-refractivity contribution < 1.29 is 37.1 Å². The van der Waals surface area contributed by atoms with Crippen molar-refractivity contribution in [2.24, 2.45) is 5.92 Å². The van der Waals surface area contributed by atoms with Crippen LogP contribution in [0.1, 0.15) is 59.6 Å². The lowest BCUT2D eigenvalue weighted by atomic mass is 9.86. The second kappa shape index (κ2) is 14.5. The average molecular weight is 722 g/mol. The SMILES string of the molecule is O=C1CCN(c2ccc(CN3CCN(c4ccc5c(c4)nc(NC(=O)c4cccc(C(F)(F)F)c4)n5C4CCC(CO)CC4)CC3)cc2F)C(=O)N1. The number of nitrogens with one attached hydrogen (secondary N) is 2. The number of carbonyl (C=O) groups is 3. The molecule has 1 aliphatic carbocycles. The van der Waals surface area contributed by atoms with Crippen LogP contribution in [0.25, 0.3) is 11.0 Å². The second-order valence-corrected chi connectivity index (χ2v) is 13.7. The first kappa shape index (κ1) is 35.4. The first-order chi connectivity index (χ1) is 25.0. The van der Waals surface area contributed by atoms with E-state index in [2.05, 4.69) is 20.4 Å². The number of rotatable bonds is 8. The standard InChI is InChI=1S/C37H39F4N7O4/c38-29-18-24(6-10-31(29)47-13-12-33(50)43-36(47)52)21-45-14-16-46(17-15-45)28-9-11-32-30(20-28)42-35(48(32)27-7-4-23(22-49)5-8-27)44-34(51)25-2-1-3-26(19-25)37(39,40)41/h1-3,6,9-11,18-20,23,27,49H,4-5,7-8,12-17,21-22H2,(H,42,44,51)(H,43,50,52). The molecule has 3 N–H and O–H groups in total. The maximum atomic E-state index is 15.1. The van der Waals surface area contributed by atoms with E-state index in [1.807, 2.05) is 22.8 Å². The third kappa shape index (κ3) is 7.46. The summed E-state index contributed by atoms with van der Waals surface area (Å²) in [7, 11) is 0. The number of carbonyl (C=O) groups excluding carboxylic acids is 3. The molecule has 15 heteroatoms. The number of alkyl halides is 3. The fourth-order valence-corrected chi connectivity index (χ4v) is 7.42. The third-order valence-corrected chi connectivity index (χ3v) is 10.3. The van der Waals surface area contributed by atoms with Crippen molar-refractivity contribution in [1.82, 2.24) is 19.8 Å². The van der Waals surface area contributed by atoms with Gasteiger partial charge in [-0.2, -0.15) is 13.2 Å². The molecule has 11 nitrogen and oxygen atoms in total. The predicted molar refractivity (Wildman–Crippen MR) is 187 cm³/mol. The highest BCUT2D eigenvalue weighted by Gasteiger charge is 2.32. The fraction of sp³-hybridized carbons (Fsp3) is 0.405. The van der Waals surface area contributed by atoms with Crippen LogP contribution in [0.3, 0.4) is 0 Å². The number of halogens is 4. The largest absolute Gasteiger partial charge is 0.416 e. The molecule has 0 atom stereocenters. The number of urea groups is 1. The van der Waals surface area contributed by atoms with Gasteiger partial charge in [0.2, 0.25) is 11.9 Å². The Labute approximate surface area is 297 Å². The molecule has 0 radical (unpaired) electrons. The molecule has 1 saturated carbocycles. The van der Waals surface area contributed by atoms with Crippen molar-refractivity contribution >= 4 is 46.2 Å². The molecule has 2 saturated heterocycles. The number of aliphatic hydroxyl groups excluding tert-OH is 1. The van der Waals surface area contributed by atoms with Crippen LogP contribution in [0, 0.1) is 11.7 Å². The van der Waals surface area contributed by atoms with Crippen LogP contribution >= 0.6 is 0 Å². The number of imidazole rings is 1. The number of imide groups is 1. The van der Waals surface area contributed by atoms with Crippen LogP contribution in [0.4, 0.5) is 39.7 Å². The van der Waals surface area contributed by atoms with E-state index in [0.29, 0.717) is 38.2 Å². The van der Waals surface area contributed by atoms with Crippen molar-refractivity contribution in [2.75, 3.05) is 54.4 Å². The molecule has 3 aromatic carbocycles. The molecule has 3 fully saturated rings. The van der Waals surface area contributed by atoms with Gasteiger partial charge >= 0.3 is 12.2 Å². The summed E-state index contributed by atoms with van der Waals surface area (Å²) < 4.78 is 57.2. The van der Waals surface area contributed by atoms with Crippen LogP contribution in [-0.2, 0) is 17.5 Å². The number of aliphatic hydroxyl groups is 1. The second-order valence-electron chi connectivity index (χ2n) is 13.7. The number of anilines is 3. The number of nitrogens with zero attached hydrogens (tertiary/aromatic N) is 5. The van der Waals surface area contributed by atoms with Crippen molar-refractivity contribution in [1.29, 1.82) is 0 Å². The van der Waals surface area contributed by atoms with Crippen LogP contribution in [0.5, 0.6) is 0 Å². The molecule has 0 spiro atoms. The Morgan fingerprint density at radius 1 is 0.942 bits per heavy atom. The number of piperazine rings is 1. The van der Waals surface area contributed by atoms with Gasteiger partial charge in [-0.05, 0) is 85.7 Å². The van der Waals surface area contributed by atoms with Gasteiger partial charge in [0.15, 0.2) is 0 Å². The summed E-state index contributed by atoms with van der Waals surface area (Å²) in [5.41, 5.74) is 2.25. The lowest BCUT2D eigenvalue weighted by Crippen LogP contribution is -2.49. The van der Waals surface area contributed by atoms with Gasteiger partial charge in [0.25, 0.3) is 5.91 Å². The lowest BCUT2D eigenvalue weighted by Gasteiger charge is -2.36. The number of hydrogen-bond donors (Lipinski definition) is 3. The Bertz CT molecular complexity index is 1980. The monoisotopic (exact) mass is 721 g/mol. The summed E-state index contributed by atoms with van der Waals surface area (Å²) in [4.78, 5) is 47.4. The van der Waals surface area contributed by atoms with Gasteiger partial charge in [0.05, 0.1) is 22.3 Å². The summed E-state index contributed by atoms with van der Waals surface area (Å²) in [5.74, 6) is -1.13. The zero-order chi connectivity index (χ0) is 36.6. The smallest absolute Gasteiger partial charge is 0.396 e. The number of aromatic nitrogens is 2. The Morgan fingerprint density at radius 2 is 1.71 bits per heavy atom. The summed E-state index contributed by atoms with van der Waals surface area (Å²) in [6, 6.07) is 14.4. The van der Waals surface area contributed by atoms with Crippen LogP contribution < -0.4 is 20.4 Å². The summed E-state index contributed by atoms with van der Waals surface area (Å²) in [5, 5.41) is 14.7. The highest BCUT2D eigenvalue weighted by atomic mass is 19.4. The van der Waals surface area contributed by atoms with E-state index in [9.17, 15) is 32.7 Å². The van der Waals surface area contributed by atoms with Crippen molar-refractivity contribution in [3.05, 3.63) is 83.2 Å². The molecule has 3 aliphatic rings. The lowest BCUT2D eigenvalue weighted by molar-refractivity contribution is -0.137. The number of amides is 4. The highest BCUT2D eigenvalue weighted by molar-refractivity contribution is 6.06. The Hall–Kier alpha value is -5.02. The summed E-state index contributed by atoms with van der Waals surface area (Å²) >= 11 is 0. The van der Waals surface area contributed by atoms with E-state index >= 15 is 4.39 Å². The number of fused-ring (bicyclic) bond motifs is 1. The minimum Gasteiger partial charge on any atom is -0.396 e. The molecule has 0 bridgehead atoms. The van der Waals surface area contributed by atoms with Gasteiger partial charge in [0.1, 0.15) is 5.82 Å². The minimum absolute atomic E-state index is 0.0147. The van der Waals surface area contributed by atoms with Gasteiger partial charge in [-0.3, -0.25) is 30.0 Å². The quantitative estimate of drug-likeness (QED) is 0.193. The van der Waals surface area contributed by atoms with E-state index in [4.69, 9.17) is 4.98 Å².